The van der Waals surface area contributed by atoms with Crippen molar-refractivity contribution >= 4 is 11.9 Å². The number of amides is 1. The van der Waals surface area contributed by atoms with Crippen LogP contribution >= 0.6 is 0 Å². The van der Waals surface area contributed by atoms with Crippen LogP contribution in [-0.4, -0.2) is 28.1 Å². The van der Waals surface area contributed by atoms with E-state index in [-0.39, 0.29) is 29.1 Å². The molecule has 138 valence electrons. The number of hydrogen-bond acceptors (Lipinski definition) is 5. The topological polar surface area (TPSA) is 97.2 Å². The van der Waals surface area contributed by atoms with Crippen molar-refractivity contribution in [3.05, 3.63) is 59.2 Å². The molecule has 0 spiro atoms. The smallest absolute Gasteiger partial charge is 0.393 e. The monoisotopic (exact) mass is 369 g/mol. The number of ether oxygens (including phenoxy) is 1. The number of hydrogen-bond donors (Lipinski definition) is 2. The molecule has 1 amide bonds. The van der Waals surface area contributed by atoms with Gasteiger partial charge in [0.2, 0.25) is 11.7 Å². The number of carbonyl (C=O) groups excluding carboxylic acids is 2. The zero-order valence-corrected chi connectivity index (χ0v) is 14.4. The predicted octanol–water partition coefficient (Wildman–Crippen LogP) is 3.60. The normalized spacial score (nSPS) is 13.4. The van der Waals surface area contributed by atoms with Gasteiger partial charge in [-0.1, -0.05) is 5.16 Å². The molecule has 0 saturated heterocycles. The lowest BCUT2D eigenvalue weighted by Gasteiger charge is -2.02. The van der Waals surface area contributed by atoms with E-state index in [4.69, 9.17) is 9.26 Å². The van der Waals surface area contributed by atoms with Crippen molar-refractivity contribution in [2.45, 2.75) is 25.8 Å². The molecule has 0 aliphatic heterocycles. The molecule has 1 saturated carbocycles. The minimum Gasteiger partial charge on any atom is -0.393 e. The number of aromatic amines is 1. The van der Waals surface area contributed by atoms with E-state index >= 15 is 0 Å². The van der Waals surface area contributed by atoms with E-state index in [0.29, 0.717) is 22.6 Å². The highest BCUT2D eigenvalue weighted by Gasteiger charge is 2.26. The van der Waals surface area contributed by atoms with Gasteiger partial charge in [0.1, 0.15) is 17.3 Å². The zero-order chi connectivity index (χ0) is 19.0. The number of aryl methyl sites for hydroxylation is 1. The van der Waals surface area contributed by atoms with Gasteiger partial charge in [-0.3, -0.25) is 4.79 Å². The molecule has 8 heteroatoms. The molecular formula is C19H16FN3O4. The van der Waals surface area contributed by atoms with Crippen molar-refractivity contribution < 1.29 is 23.2 Å². The summed E-state index contributed by atoms with van der Waals surface area (Å²) >= 11 is 0. The molecule has 27 heavy (non-hydrogen) atoms. The van der Waals surface area contributed by atoms with Crippen LogP contribution in [0.1, 0.15) is 34.5 Å². The molecule has 1 aliphatic rings. The van der Waals surface area contributed by atoms with Gasteiger partial charge in [-0.05, 0) is 44.0 Å². The Morgan fingerprint density at radius 1 is 1.30 bits per heavy atom. The first kappa shape index (κ1) is 17.0. The summed E-state index contributed by atoms with van der Waals surface area (Å²) in [5.41, 5.74) is 1.45. The lowest BCUT2D eigenvalue weighted by Crippen LogP contribution is -2.28. The van der Waals surface area contributed by atoms with Crippen LogP contribution in [-0.2, 0) is 0 Å². The van der Waals surface area contributed by atoms with Crippen molar-refractivity contribution in [3.63, 3.8) is 0 Å². The summed E-state index contributed by atoms with van der Waals surface area (Å²) in [6.45, 7) is 1.63. The first-order valence-corrected chi connectivity index (χ1v) is 8.45. The highest BCUT2D eigenvalue weighted by molar-refractivity contribution is 6.13. The summed E-state index contributed by atoms with van der Waals surface area (Å²) in [5, 5.41) is 6.62. The fourth-order valence-electron chi connectivity index (χ4n) is 2.68. The third-order valence-electron chi connectivity index (χ3n) is 4.23. The maximum atomic E-state index is 13.2. The molecule has 0 bridgehead atoms. The Morgan fingerprint density at radius 3 is 2.74 bits per heavy atom. The van der Waals surface area contributed by atoms with Gasteiger partial charge >= 0.3 is 6.09 Å². The fourth-order valence-corrected chi connectivity index (χ4v) is 2.68. The van der Waals surface area contributed by atoms with Crippen molar-refractivity contribution in [1.29, 1.82) is 0 Å². The Kier molecular flexibility index (Phi) is 4.23. The molecule has 2 N–H and O–H groups in total. The summed E-state index contributed by atoms with van der Waals surface area (Å²) in [6, 6.07) is 7.24. The minimum atomic E-state index is -0.563. The Labute approximate surface area is 153 Å². The second-order valence-corrected chi connectivity index (χ2v) is 6.36. The largest absolute Gasteiger partial charge is 0.414 e. The number of benzene rings is 1. The number of aromatic nitrogens is 2. The van der Waals surface area contributed by atoms with Crippen molar-refractivity contribution in [2.75, 3.05) is 0 Å². The Hall–Kier alpha value is -3.42. The van der Waals surface area contributed by atoms with Crippen molar-refractivity contribution in [1.82, 2.24) is 15.5 Å². The summed E-state index contributed by atoms with van der Waals surface area (Å²) in [4.78, 5) is 27.4. The minimum absolute atomic E-state index is 0.161. The van der Waals surface area contributed by atoms with Crippen LogP contribution in [0.5, 0.6) is 5.88 Å². The van der Waals surface area contributed by atoms with Crippen LogP contribution in [0.2, 0.25) is 0 Å². The first-order valence-electron chi connectivity index (χ1n) is 8.45. The number of carbonyl (C=O) groups is 2. The molecule has 1 aromatic carbocycles. The molecule has 1 fully saturated rings. The van der Waals surface area contributed by atoms with Crippen LogP contribution in [0.3, 0.4) is 0 Å². The highest BCUT2D eigenvalue weighted by Crippen LogP contribution is 2.28. The number of H-pyrrole nitrogens is 1. The van der Waals surface area contributed by atoms with Crippen molar-refractivity contribution in [3.8, 4) is 17.1 Å². The van der Waals surface area contributed by atoms with E-state index in [1.54, 1.807) is 6.92 Å². The second kappa shape index (κ2) is 6.71. The summed E-state index contributed by atoms with van der Waals surface area (Å²) < 4.78 is 23.5. The van der Waals surface area contributed by atoms with Gasteiger partial charge in [0.25, 0.3) is 0 Å². The molecule has 0 atom stereocenters. The van der Waals surface area contributed by atoms with Gasteiger partial charge in [0, 0.05) is 29.4 Å². The molecule has 3 aromatic rings. The van der Waals surface area contributed by atoms with Crippen LogP contribution < -0.4 is 10.1 Å². The molecule has 4 rings (SSSR count). The maximum Gasteiger partial charge on any atom is 0.414 e. The zero-order valence-electron chi connectivity index (χ0n) is 14.4. The van der Waals surface area contributed by atoms with Gasteiger partial charge in [0.15, 0.2) is 0 Å². The highest BCUT2D eigenvalue weighted by atomic mass is 19.1. The van der Waals surface area contributed by atoms with Gasteiger partial charge in [-0.15, -0.1) is 0 Å². The molecular weight excluding hydrogens is 353 g/mol. The average Bonchev–Trinajstić information content (AvgIpc) is 3.18. The Balaban J connectivity index is 1.57. The summed E-state index contributed by atoms with van der Waals surface area (Å²) in [5.74, 6) is -0.228. The van der Waals surface area contributed by atoms with Crippen LogP contribution in [0.4, 0.5) is 9.18 Å². The summed E-state index contributed by atoms with van der Waals surface area (Å²) in [6.07, 6.45) is 2.78. The molecule has 0 unspecified atom stereocenters. The van der Waals surface area contributed by atoms with E-state index in [2.05, 4.69) is 15.5 Å². The van der Waals surface area contributed by atoms with Crippen LogP contribution in [0, 0.1) is 12.7 Å². The lowest BCUT2D eigenvalue weighted by atomic mass is 10.00. The second-order valence-electron chi connectivity index (χ2n) is 6.36. The number of nitrogens with one attached hydrogen (secondary N) is 2. The van der Waals surface area contributed by atoms with Gasteiger partial charge in [-0.2, -0.15) is 0 Å². The first-order chi connectivity index (χ1) is 13.0. The van der Waals surface area contributed by atoms with E-state index in [1.165, 1.54) is 36.5 Å². The fraction of sp³-hybridized carbons (Fsp3) is 0.211. The molecule has 2 heterocycles. The third kappa shape index (κ3) is 3.59. The van der Waals surface area contributed by atoms with E-state index in [1.807, 2.05) is 0 Å². The average molecular weight is 369 g/mol. The summed E-state index contributed by atoms with van der Waals surface area (Å²) in [7, 11) is 0. The SMILES string of the molecule is Cc1onc(-c2ccc(F)cc2)c1C(=O)c1c[nH]c(OC(=O)NC2CC2)c1. The van der Waals surface area contributed by atoms with Crippen molar-refractivity contribution in [2.24, 2.45) is 0 Å². The maximum absolute atomic E-state index is 13.2. The number of ketones is 1. The standard InChI is InChI=1S/C19H16FN3O4/c1-10-16(17(23-27-10)11-2-4-13(20)5-3-11)18(24)12-8-15(21-9-12)26-19(25)22-14-6-7-14/h2-5,8-9,14,21H,6-7H2,1H3,(H,22,25). The number of halogens is 1. The Bertz CT molecular complexity index is 1000. The molecule has 1 aliphatic carbocycles. The molecule has 0 radical (unpaired) electrons. The van der Waals surface area contributed by atoms with E-state index < -0.39 is 6.09 Å². The van der Waals surface area contributed by atoms with E-state index in [9.17, 15) is 14.0 Å². The quantitative estimate of drug-likeness (QED) is 0.670. The molecule has 2 aromatic heterocycles. The van der Waals surface area contributed by atoms with E-state index in [0.717, 1.165) is 12.8 Å². The Morgan fingerprint density at radius 2 is 2.04 bits per heavy atom. The third-order valence-corrected chi connectivity index (χ3v) is 4.23. The van der Waals surface area contributed by atoms with Crippen LogP contribution in [0.25, 0.3) is 11.3 Å². The number of nitrogens with zero attached hydrogens (tertiary/aromatic N) is 1. The van der Waals surface area contributed by atoms with Crippen LogP contribution in [0.15, 0.2) is 41.1 Å². The van der Waals surface area contributed by atoms with Gasteiger partial charge in [-0.25, -0.2) is 9.18 Å². The van der Waals surface area contributed by atoms with Gasteiger partial charge < -0.3 is 19.6 Å². The lowest BCUT2D eigenvalue weighted by molar-refractivity contribution is 0.103. The predicted molar refractivity (Wildman–Crippen MR) is 93.0 cm³/mol. The molecule has 7 nitrogen and oxygen atoms in total. The number of rotatable bonds is 5. The van der Waals surface area contributed by atoms with Gasteiger partial charge in [0.05, 0.1) is 5.56 Å².